The van der Waals surface area contributed by atoms with E-state index >= 15 is 0 Å². The number of pyridine rings is 1. The van der Waals surface area contributed by atoms with Crippen molar-refractivity contribution in [3.63, 3.8) is 0 Å². The average Bonchev–Trinajstić information content (AvgIpc) is 2.89. The van der Waals surface area contributed by atoms with E-state index < -0.39 is 11.5 Å². The Balaban J connectivity index is 1.66. The summed E-state index contributed by atoms with van der Waals surface area (Å²) in [5, 5.41) is 3.54. The van der Waals surface area contributed by atoms with Crippen molar-refractivity contribution in [3.8, 4) is 11.1 Å². The maximum Gasteiger partial charge on any atom is 0.261 e. The number of fused-ring (bicyclic) bond motifs is 1. The minimum absolute atomic E-state index is 0.0344. The van der Waals surface area contributed by atoms with E-state index in [-0.39, 0.29) is 11.3 Å². The highest BCUT2D eigenvalue weighted by Gasteiger charge is 2.23. The number of carbonyl (C=O) groups excluding carboxylic acids is 2. The van der Waals surface area contributed by atoms with E-state index in [9.17, 15) is 14.4 Å². The van der Waals surface area contributed by atoms with Gasteiger partial charge in [-0.25, -0.2) is 0 Å². The molecule has 0 aliphatic heterocycles. The van der Waals surface area contributed by atoms with Crippen molar-refractivity contribution in [3.05, 3.63) is 133 Å². The summed E-state index contributed by atoms with van der Waals surface area (Å²) < 4.78 is 1.51. The molecule has 5 nitrogen and oxygen atoms in total. The molecule has 176 valence electrons. The van der Waals surface area contributed by atoms with Gasteiger partial charge in [0.05, 0.1) is 5.69 Å². The molecule has 2 N–H and O–H groups in total. The maximum absolute atomic E-state index is 13.7. The van der Waals surface area contributed by atoms with E-state index in [4.69, 9.17) is 0 Å². The first kappa shape index (κ1) is 23.9. The highest BCUT2D eigenvalue weighted by atomic mass is 79.9. The Labute approximate surface area is 223 Å². The van der Waals surface area contributed by atoms with Gasteiger partial charge in [0.1, 0.15) is 5.56 Å². The van der Waals surface area contributed by atoms with Gasteiger partial charge in [0.25, 0.3) is 11.5 Å². The van der Waals surface area contributed by atoms with Gasteiger partial charge < -0.3 is 10.3 Å². The lowest BCUT2D eigenvalue weighted by molar-refractivity contribution is 0.102. The summed E-state index contributed by atoms with van der Waals surface area (Å²) in [7, 11) is 0. The van der Waals surface area contributed by atoms with Crippen molar-refractivity contribution in [2.24, 2.45) is 0 Å². The molecule has 1 amide bonds. The first-order valence-corrected chi connectivity index (χ1v) is 12.6. The quantitative estimate of drug-likeness (QED) is 0.209. The Hall–Kier alpha value is -3.81. The van der Waals surface area contributed by atoms with Gasteiger partial charge in [-0.15, -0.1) is 0 Å². The average molecular weight is 602 g/mol. The van der Waals surface area contributed by atoms with Gasteiger partial charge in [-0.05, 0) is 42.0 Å². The molecule has 36 heavy (non-hydrogen) atoms. The van der Waals surface area contributed by atoms with Crippen molar-refractivity contribution in [1.29, 1.82) is 0 Å². The Bertz CT molecular complexity index is 1680. The van der Waals surface area contributed by atoms with Crippen molar-refractivity contribution < 1.29 is 9.59 Å². The van der Waals surface area contributed by atoms with Gasteiger partial charge >= 0.3 is 0 Å². The Morgan fingerprint density at radius 1 is 0.750 bits per heavy atom. The number of benzene rings is 4. The topological polar surface area (TPSA) is 79.0 Å². The highest BCUT2D eigenvalue weighted by molar-refractivity contribution is 9.10. The van der Waals surface area contributed by atoms with Gasteiger partial charge in [0, 0.05) is 36.5 Å². The van der Waals surface area contributed by atoms with E-state index in [1.165, 1.54) is 0 Å². The monoisotopic (exact) mass is 600 g/mol. The SMILES string of the molecule is O=C(c1ccccc1)c1cc(Br)ccc1NC(=O)c1c(-c2ccccc2)c2cc(Br)ccc2[nH]c1=O. The van der Waals surface area contributed by atoms with Crippen LogP contribution >= 0.6 is 31.9 Å². The van der Waals surface area contributed by atoms with Gasteiger partial charge in [-0.2, -0.15) is 0 Å². The van der Waals surface area contributed by atoms with Crippen LogP contribution < -0.4 is 10.9 Å². The van der Waals surface area contributed by atoms with Crippen molar-refractivity contribution in [1.82, 2.24) is 4.98 Å². The fourth-order valence-electron chi connectivity index (χ4n) is 4.13. The second-order valence-corrected chi connectivity index (χ2v) is 9.93. The lowest BCUT2D eigenvalue weighted by Gasteiger charge is -2.15. The fourth-order valence-corrected chi connectivity index (χ4v) is 4.85. The van der Waals surface area contributed by atoms with E-state index in [0.717, 1.165) is 15.4 Å². The number of hydrogen-bond acceptors (Lipinski definition) is 3. The molecular formula is C29H18Br2N2O3. The number of halogens is 2. The number of carbonyl (C=O) groups is 2. The number of rotatable bonds is 5. The molecule has 4 aromatic carbocycles. The smallest absolute Gasteiger partial charge is 0.261 e. The van der Waals surface area contributed by atoms with Crippen LogP contribution in [0.1, 0.15) is 26.3 Å². The van der Waals surface area contributed by atoms with Crippen molar-refractivity contribution in [2.45, 2.75) is 0 Å². The third-order valence-electron chi connectivity index (χ3n) is 5.78. The van der Waals surface area contributed by atoms with Crippen LogP contribution in [0.5, 0.6) is 0 Å². The molecule has 0 bridgehead atoms. The Kier molecular flexibility index (Phi) is 6.67. The Morgan fingerprint density at radius 2 is 1.39 bits per heavy atom. The second-order valence-electron chi connectivity index (χ2n) is 8.10. The second kappa shape index (κ2) is 10.0. The van der Waals surface area contributed by atoms with Crippen LogP contribution in [-0.2, 0) is 0 Å². The molecule has 0 aliphatic carbocycles. The number of amides is 1. The predicted octanol–water partition coefficient (Wildman–Crippen LogP) is 7.20. The number of anilines is 1. The molecule has 0 spiro atoms. The number of ketones is 1. The van der Waals surface area contributed by atoms with Gasteiger partial charge in [0.2, 0.25) is 0 Å². The van der Waals surface area contributed by atoms with E-state index in [1.807, 2.05) is 48.5 Å². The lowest BCUT2D eigenvalue weighted by atomic mass is 9.95. The fraction of sp³-hybridized carbons (Fsp3) is 0. The van der Waals surface area contributed by atoms with Crippen LogP contribution in [0.15, 0.2) is 111 Å². The minimum atomic E-state index is -0.610. The van der Waals surface area contributed by atoms with E-state index in [1.54, 1.807) is 48.5 Å². The molecule has 5 rings (SSSR count). The zero-order valence-electron chi connectivity index (χ0n) is 18.7. The summed E-state index contributed by atoms with van der Waals surface area (Å²) in [6.07, 6.45) is 0. The van der Waals surface area contributed by atoms with Crippen LogP contribution in [0.3, 0.4) is 0 Å². The standard InChI is InChI=1S/C29H18Br2N2O3/c30-19-11-13-23-21(15-19)25(17-7-3-1-4-8-17)26(28(35)32-23)29(36)33-24-14-12-20(31)16-22(24)27(34)18-9-5-2-6-10-18/h1-16H,(H,32,35)(H,33,36). The van der Waals surface area contributed by atoms with Crippen LogP contribution in [0.4, 0.5) is 5.69 Å². The summed E-state index contributed by atoms with van der Waals surface area (Å²) in [6, 6.07) is 28.6. The molecule has 0 aliphatic rings. The molecular weight excluding hydrogens is 584 g/mol. The van der Waals surface area contributed by atoms with Crippen LogP contribution in [-0.4, -0.2) is 16.7 Å². The number of nitrogens with one attached hydrogen (secondary N) is 2. The molecule has 1 heterocycles. The Morgan fingerprint density at radius 3 is 2.11 bits per heavy atom. The summed E-state index contributed by atoms with van der Waals surface area (Å²) in [6.45, 7) is 0. The molecule has 1 aromatic heterocycles. The minimum Gasteiger partial charge on any atom is -0.321 e. The van der Waals surface area contributed by atoms with Gasteiger partial charge in [0.15, 0.2) is 5.78 Å². The first-order chi connectivity index (χ1) is 17.4. The lowest BCUT2D eigenvalue weighted by Crippen LogP contribution is -2.25. The molecule has 0 fully saturated rings. The zero-order valence-corrected chi connectivity index (χ0v) is 21.9. The van der Waals surface area contributed by atoms with Crippen LogP contribution in [0.25, 0.3) is 22.0 Å². The van der Waals surface area contributed by atoms with Crippen LogP contribution in [0, 0.1) is 0 Å². The van der Waals surface area contributed by atoms with Crippen molar-refractivity contribution in [2.75, 3.05) is 5.32 Å². The maximum atomic E-state index is 13.7. The summed E-state index contributed by atoms with van der Waals surface area (Å²) >= 11 is 6.90. The summed E-state index contributed by atoms with van der Waals surface area (Å²) in [5.74, 6) is -0.853. The largest absolute Gasteiger partial charge is 0.321 e. The van der Waals surface area contributed by atoms with Gasteiger partial charge in [-0.3, -0.25) is 14.4 Å². The number of H-pyrrole nitrogens is 1. The molecule has 0 radical (unpaired) electrons. The third-order valence-corrected chi connectivity index (χ3v) is 6.76. The predicted molar refractivity (Wildman–Crippen MR) is 150 cm³/mol. The van der Waals surface area contributed by atoms with Crippen molar-refractivity contribution >= 4 is 60.1 Å². The molecule has 5 aromatic rings. The third kappa shape index (κ3) is 4.67. The molecule has 0 saturated carbocycles. The molecule has 7 heteroatoms. The molecule has 0 unspecified atom stereocenters. The normalized spacial score (nSPS) is 10.8. The summed E-state index contributed by atoms with van der Waals surface area (Å²) in [5.41, 5.74) is 2.41. The highest BCUT2D eigenvalue weighted by Crippen LogP contribution is 2.32. The van der Waals surface area contributed by atoms with E-state index in [0.29, 0.717) is 32.4 Å². The number of hydrogen-bond donors (Lipinski definition) is 2. The number of aromatic nitrogens is 1. The zero-order chi connectivity index (χ0) is 25.2. The molecule has 0 atom stereocenters. The number of aromatic amines is 1. The summed E-state index contributed by atoms with van der Waals surface area (Å²) in [4.78, 5) is 43.0. The van der Waals surface area contributed by atoms with E-state index in [2.05, 4.69) is 42.2 Å². The van der Waals surface area contributed by atoms with Gasteiger partial charge in [-0.1, -0.05) is 92.5 Å². The van der Waals surface area contributed by atoms with Crippen LogP contribution in [0.2, 0.25) is 0 Å². The molecule has 0 saturated heterocycles. The first-order valence-electron chi connectivity index (χ1n) is 11.0.